The van der Waals surface area contributed by atoms with Crippen LogP contribution >= 0.6 is 15.9 Å². The largest absolute Gasteiger partial charge is 0.321 e. The highest BCUT2D eigenvalue weighted by Gasteiger charge is 2.01. The van der Waals surface area contributed by atoms with E-state index in [4.69, 9.17) is 5.26 Å². The summed E-state index contributed by atoms with van der Waals surface area (Å²) in [4.78, 5) is 14.1. The van der Waals surface area contributed by atoms with Crippen LogP contribution in [0.4, 0.5) is 0 Å². The van der Waals surface area contributed by atoms with Gasteiger partial charge < -0.3 is 4.98 Å². The van der Waals surface area contributed by atoms with Crippen molar-refractivity contribution in [1.82, 2.24) is 4.98 Å². The summed E-state index contributed by atoms with van der Waals surface area (Å²) >= 11 is 3.34. The molecule has 1 heterocycles. The number of halogens is 1. The summed E-state index contributed by atoms with van der Waals surface area (Å²) in [6.07, 6.45) is 0. The smallest absolute Gasteiger partial charge is 0.266 e. The Bertz CT molecular complexity index is 608. The third-order valence-corrected chi connectivity index (χ3v) is 2.71. The van der Waals surface area contributed by atoms with Gasteiger partial charge in [0.2, 0.25) is 0 Å². The van der Waals surface area contributed by atoms with Gasteiger partial charge in [-0.3, -0.25) is 4.79 Å². The maximum Gasteiger partial charge on any atom is 0.266 e. The zero-order chi connectivity index (χ0) is 11.5. The zero-order valence-electron chi connectivity index (χ0n) is 8.20. The van der Waals surface area contributed by atoms with E-state index in [-0.39, 0.29) is 11.1 Å². The first kappa shape index (κ1) is 10.7. The summed E-state index contributed by atoms with van der Waals surface area (Å²) in [5.41, 5.74) is 1.38. The molecule has 16 heavy (non-hydrogen) atoms. The number of benzene rings is 1. The van der Waals surface area contributed by atoms with Crippen molar-refractivity contribution in [3.63, 3.8) is 0 Å². The van der Waals surface area contributed by atoms with Crippen LogP contribution < -0.4 is 5.56 Å². The predicted molar refractivity (Wildman–Crippen MR) is 64.9 cm³/mol. The maximum atomic E-state index is 11.4. The van der Waals surface area contributed by atoms with E-state index < -0.39 is 0 Å². The Balaban J connectivity index is 2.50. The van der Waals surface area contributed by atoms with Gasteiger partial charge >= 0.3 is 0 Å². The molecule has 78 valence electrons. The van der Waals surface area contributed by atoms with Crippen LogP contribution in [0.3, 0.4) is 0 Å². The van der Waals surface area contributed by atoms with Crippen LogP contribution in [0.1, 0.15) is 5.56 Å². The van der Waals surface area contributed by atoms with Crippen LogP contribution in [0, 0.1) is 11.3 Å². The third kappa shape index (κ3) is 2.05. The molecule has 0 saturated heterocycles. The van der Waals surface area contributed by atoms with Gasteiger partial charge in [-0.05, 0) is 29.8 Å². The van der Waals surface area contributed by atoms with Crippen molar-refractivity contribution in [3.8, 4) is 17.3 Å². The molecule has 0 amide bonds. The van der Waals surface area contributed by atoms with Crippen LogP contribution in [-0.2, 0) is 0 Å². The molecule has 1 aromatic carbocycles. The number of aromatic nitrogens is 1. The number of nitrogens with one attached hydrogen (secondary N) is 1. The molecular weight excluding hydrogens is 268 g/mol. The van der Waals surface area contributed by atoms with E-state index in [0.717, 1.165) is 10.0 Å². The molecule has 0 aliphatic carbocycles. The van der Waals surface area contributed by atoms with Crippen LogP contribution in [-0.4, -0.2) is 4.98 Å². The number of rotatable bonds is 1. The Morgan fingerprint density at radius 1 is 1.12 bits per heavy atom. The van der Waals surface area contributed by atoms with Crippen LogP contribution in [0.5, 0.6) is 0 Å². The fourth-order valence-electron chi connectivity index (χ4n) is 1.36. The average molecular weight is 275 g/mol. The van der Waals surface area contributed by atoms with Gasteiger partial charge in [-0.25, -0.2) is 0 Å². The van der Waals surface area contributed by atoms with E-state index in [2.05, 4.69) is 20.9 Å². The van der Waals surface area contributed by atoms with E-state index >= 15 is 0 Å². The Morgan fingerprint density at radius 2 is 1.81 bits per heavy atom. The van der Waals surface area contributed by atoms with Gasteiger partial charge in [-0.15, -0.1) is 0 Å². The van der Waals surface area contributed by atoms with Crippen molar-refractivity contribution in [2.24, 2.45) is 0 Å². The highest BCUT2D eigenvalue weighted by molar-refractivity contribution is 9.10. The molecule has 0 aliphatic rings. The molecule has 1 aromatic heterocycles. The maximum absolute atomic E-state index is 11.4. The molecule has 0 fully saturated rings. The van der Waals surface area contributed by atoms with Crippen LogP contribution in [0.25, 0.3) is 11.3 Å². The number of nitriles is 1. The summed E-state index contributed by atoms with van der Waals surface area (Å²) in [7, 11) is 0. The Morgan fingerprint density at radius 3 is 2.38 bits per heavy atom. The molecular formula is C12H7BrN2O. The molecule has 0 saturated carbocycles. The minimum Gasteiger partial charge on any atom is -0.321 e. The van der Waals surface area contributed by atoms with Crippen LogP contribution in [0.15, 0.2) is 45.7 Å². The van der Waals surface area contributed by atoms with Gasteiger partial charge in [0.25, 0.3) is 5.56 Å². The molecule has 0 aliphatic heterocycles. The number of hydrogen-bond donors (Lipinski definition) is 1. The Labute approximate surface area is 100 Å². The molecule has 0 atom stereocenters. The van der Waals surface area contributed by atoms with Crippen molar-refractivity contribution < 1.29 is 0 Å². The fraction of sp³-hybridized carbons (Fsp3) is 0. The molecule has 3 nitrogen and oxygen atoms in total. The summed E-state index contributed by atoms with van der Waals surface area (Å²) in [6, 6.07) is 12.7. The van der Waals surface area contributed by atoms with Crippen molar-refractivity contribution in [2.75, 3.05) is 0 Å². The van der Waals surface area contributed by atoms with E-state index in [1.54, 1.807) is 6.07 Å². The highest BCUT2D eigenvalue weighted by atomic mass is 79.9. The Hall–Kier alpha value is -1.86. The lowest BCUT2D eigenvalue weighted by Crippen LogP contribution is -2.09. The molecule has 2 rings (SSSR count). The van der Waals surface area contributed by atoms with Crippen molar-refractivity contribution in [3.05, 3.63) is 56.8 Å². The number of nitrogens with zero attached hydrogens (tertiary/aromatic N) is 1. The third-order valence-electron chi connectivity index (χ3n) is 2.19. The minimum absolute atomic E-state index is 0.126. The van der Waals surface area contributed by atoms with E-state index in [0.29, 0.717) is 5.69 Å². The standard InChI is InChI=1S/C12H7BrN2O/c13-10-4-1-8(2-5-10)11-6-3-9(7-14)12(16)15-11/h1-6H,(H,15,16). The first-order valence-electron chi connectivity index (χ1n) is 4.60. The average Bonchev–Trinajstić information content (AvgIpc) is 2.30. The van der Waals surface area contributed by atoms with Gasteiger partial charge in [0.1, 0.15) is 11.6 Å². The first-order valence-corrected chi connectivity index (χ1v) is 5.39. The normalized spacial score (nSPS) is 9.75. The van der Waals surface area contributed by atoms with Crippen LogP contribution in [0.2, 0.25) is 0 Å². The van der Waals surface area contributed by atoms with Crippen molar-refractivity contribution >= 4 is 15.9 Å². The summed E-state index contributed by atoms with van der Waals surface area (Å²) < 4.78 is 0.979. The highest BCUT2D eigenvalue weighted by Crippen LogP contribution is 2.18. The van der Waals surface area contributed by atoms with E-state index in [1.165, 1.54) is 6.07 Å². The summed E-state index contributed by atoms with van der Waals surface area (Å²) in [6.45, 7) is 0. The quantitative estimate of drug-likeness (QED) is 0.869. The number of hydrogen-bond acceptors (Lipinski definition) is 2. The topological polar surface area (TPSA) is 56.6 Å². The number of pyridine rings is 1. The van der Waals surface area contributed by atoms with Gasteiger partial charge in [0.15, 0.2) is 0 Å². The molecule has 0 bridgehead atoms. The Kier molecular flexibility index (Phi) is 2.88. The molecule has 0 unspecified atom stereocenters. The number of aromatic amines is 1. The lowest BCUT2D eigenvalue weighted by atomic mass is 10.1. The first-order chi connectivity index (χ1) is 7.70. The summed E-state index contributed by atoms with van der Waals surface area (Å²) in [5, 5.41) is 8.64. The van der Waals surface area contributed by atoms with E-state index in [9.17, 15) is 4.79 Å². The molecule has 0 radical (unpaired) electrons. The predicted octanol–water partition coefficient (Wildman–Crippen LogP) is 2.68. The second-order valence-electron chi connectivity index (χ2n) is 3.23. The van der Waals surface area contributed by atoms with Gasteiger partial charge in [-0.2, -0.15) is 5.26 Å². The SMILES string of the molecule is N#Cc1ccc(-c2ccc(Br)cc2)[nH]c1=O. The monoisotopic (exact) mass is 274 g/mol. The molecule has 0 spiro atoms. The molecule has 2 aromatic rings. The van der Waals surface area contributed by atoms with Gasteiger partial charge in [0, 0.05) is 10.2 Å². The van der Waals surface area contributed by atoms with Crippen molar-refractivity contribution in [1.29, 1.82) is 5.26 Å². The number of H-pyrrole nitrogens is 1. The molecule has 4 heteroatoms. The second-order valence-corrected chi connectivity index (χ2v) is 4.15. The molecule has 1 N–H and O–H groups in total. The lowest BCUT2D eigenvalue weighted by molar-refractivity contribution is 1.22. The fourth-order valence-corrected chi connectivity index (χ4v) is 1.62. The second kappa shape index (κ2) is 4.33. The van der Waals surface area contributed by atoms with E-state index in [1.807, 2.05) is 30.3 Å². The summed E-state index contributed by atoms with van der Waals surface area (Å²) in [5.74, 6) is 0. The minimum atomic E-state index is -0.358. The van der Waals surface area contributed by atoms with Crippen molar-refractivity contribution in [2.45, 2.75) is 0 Å². The van der Waals surface area contributed by atoms with Gasteiger partial charge in [-0.1, -0.05) is 28.1 Å². The zero-order valence-corrected chi connectivity index (χ0v) is 9.78. The van der Waals surface area contributed by atoms with Gasteiger partial charge in [0.05, 0.1) is 0 Å². The lowest BCUT2D eigenvalue weighted by Gasteiger charge is -2.01.